The van der Waals surface area contributed by atoms with Gasteiger partial charge in [-0.25, -0.2) is 9.97 Å². The smallest absolute Gasteiger partial charge is 0.172 e. The summed E-state index contributed by atoms with van der Waals surface area (Å²) in [5, 5.41) is 9.47. The van der Waals surface area contributed by atoms with Crippen molar-refractivity contribution < 1.29 is 0 Å². The number of nitrogens with one attached hydrogen (secondary N) is 1. The summed E-state index contributed by atoms with van der Waals surface area (Å²) in [7, 11) is 0. The maximum Gasteiger partial charge on any atom is 0.172 e. The van der Waals surface area contributed by atoms with Crippen molar-refractivity contribution in [1.82, 2.24) is 19.8 Å². The summed E-state index contributed by atoms with van der Waals surface area (Å²) < 4.78 is 0. The first-order valence-electron chi connectivity index (χ1n) is 15.2. The number of benzene rings is 1. The largest absolute Gasteiger partial charge is 0.382 e. The zero-order valence-corrected chi connectivity index (χ0v) is 26.0. The summed E-state index contributed by atoms with van der Waals surface area (Å²) in [4.78, 5) is 16.6. The Kier molecular flexibility index (Phi) is 11.5. The highest BCUT2D eigenvalue weighted by molar-refractivity contribution is 6.32. The van der Waals surface area contributed by atoms with E-state index >= 15 is 0 Å². The predicted molar refractivity (Wildman–Crippen MR) is 169 cm³/mol. The lowest BCUT2D eigenvalue weighted by molar-refractivity contribution is 0.0610. The first-order valence-corrected chi connectivity index (χ1v) is 16.0. The van der Waals surface area contributed by atoms with Crippen molar-refractivity contribution in [3.8, 4) is 0 Å². The van der Waals surface area contributed by atoms with Crippen molar-refractivity contribution in [1.29, 1.82) is 5.41 Å². The van der Waals surface area contributed by atoms with Gasteiger partial charge in [0.2, 0.25) is 0 Å². The molecule has 0 radical (unpaired) electrons. The normalized spacial score (nSPS) is 20.7. The molecule has 0 spiro atoms. The molecule has 1 aromatic heterocycles. The average Bonchev–Trinajstić information content (AvgIpc) is 3.82. The van der Waals surface area contributed by atoms with Crippen LogP contribution in [0, 0.1) is 11.3 Å². The van der Waals surface area contributed by atoms with Gasteiger partial charge in [0, 0.05) is 49.2 Å². The van der Waals surface area contributed by atoms with E-state index in [-0.39, 0.29) is 5.92 Å². The Bertz CT molecular complexity index is 1100. The van der Waals surface area contributed by atoms with Crippen LogP contribution in [0.4, 0.5) is 11.6 Å². The highest BCUT2D eigenvalue weighted by atomic mass is 35.5. The van der Waals surface area contributed by atoms with Gasteiger partial charge in [-0.3, -0.25) is 9.80 Å². The third kappa shape index (κ3) is 8.09. The molecule has 220 valence electrons. The molecule has 2 aliphatic heterocycles. The maximum atomic E-state index is 8.32. The molecule has 1 atom stereocenters. The lowest BCUT2D eigenvalue weighted by Gasteiger charge is -2.47. The molecule has 40 heavy (non-hydrogen) atoms. The molecule has 0 bridgehead atoms. The monoisotopic (exact) mass is 587 g/mol. The molecule has 5 rings (SSSR count). The van der Waals surface area contributed by atoms with E-state index in [9.17, 15) is 0 Å². The second-order valence-corrected chi connectivity index (χ2v) is 12.3. The van der Waals surface area contributed by atoms with Gasteiger partial charge in [-0.15, -0.1) is 0 Å². The van der Waals surface area contributed by atoms with Crippen molar-refractivity contribution in [3.05, 3.63) is 45.7 Å². The molecular weight excluding hydrogens is 541 g/mol. The number of rotatable bonds is 9. The van der Waals surface area contributed by atoms with Gasteiger partial charge >= 0.3 is 0 Å². The number of hydrogen-bond donors (Lipinski definition) is 2. The van der Waals surface area contributed by atoms with E-state index < -0.39 is 0 Å². The highest BCUT2D eigenvalue weighted by Gasteiger charge is 2.35. The standard InChI is InChI=1S/C26H35Cl2N7.C5H12/c1-2-20-16-34(26-24(28)31-23(25(30)32-26)22(29)18-5-6-18)13-14-35(20)21-9-11-33(12-10-21)15-17-3-7-19(27)8-4-17;1-3-5-4-2/h3-4,7-8,18,20-21,29H,2,5-6,9-16H2,1H3,(H2,30,32);3-5H2,1-2H3. The van der Waals surface area contributed by atoms with Crippen molar-refractivity contribution in [2.75, 3.05) is 43.4 Å². The minimum absolute atomic E-state index is 0.263. The Balaban J connectivity index is 0.000000681. The third-order valence-corrected chi connectivity index (χ3v) is 8.96. The van der Waals surface area contributed by atoms with E-state index in [1.165, 1.54) is 37.7 Å². The van der Waals surface area contributed by atoms with E-state index in [0.717, 1.165) is 63.6 Å². The minimum Gasteiger partial charge on any atom is -0.382 e. The molecule has 1 aromatic carbocycles. The first-order chi connectivity index (χ1) is 19.3. The van der Waals surface area contributed by atoms with Gasteiger partial charge in [0.1, 0.15) is 5.69 Å². The van der Waals surface area contributed by atoms with Crippen LogP contribution in [-0.4, -0.2) is 70.3 Å². The second kappa shape index (κ2) is 14.8. The molecule has 3 heterocycles. The minimum atomic E-state index is 0.263. The van der Waals surface area contributed by atoms with Gasteiger partial charge in [-0.05, 0) is 62.9 Å². The van der Waals surface area contributed by atoms with Crippen LogP contribution in [0.1, 0.15) is 83.4 Å². The fraction of sp³-hybridized carbons (Fsp3) is 0.645. The number of nitrogens with zero attached hydrogens (tertiary/aromatic N) is 5. The molecule has 1 aliphatic carbocycles. The molecule has 3 aliphatic rings. The summed E-state index contributed by atoms with van der Waals surface area (Å²) in [6.07, 6.45) is 9.59. The van der Waals surface area contributed by atoms with E-state index in [1.54, 1.807) is 0 Å². The second-order valence-electron chi connectivity index (χ2n) is 11.5. The fourth-order valence-corrected chi connectivity index (χ4v) is 6.27. The van der Waals surface area contributed by atoms with Gasteiger partial charge in [-0.2, -0.15) is 0 Å². The molecule has 0 amide bonds. The third-order valence-electron chi connectivity index (χ3n) is 8.46. The Hall–Kier alpha value is -1.93. The van der Waals surface area contributed by atoms with E-state index in [0.29, 0.717) is 40.3 Å². The lowest BCUT2D eigenvalue weighted by atomic mass is 9.98. The Labute approximate surface area is 250 Å². The summed E-state index contributed by atoms with van der Waals surface area (Å²) in [6.45, 7) is 12.6. The van der Waals surface area contributed by atoms with Crippen molar-refractivity contribution in [3.63, 3.8) is 0 Å². The zero-order chi connectivity index (χ0) is 28.6. The number of nitrogen functional groups attached to an aromatic ring is 1. The molecule has 2 saturated heterocycles. The Morgan fingerprint density at radius 1 is 0.950 bits per heavy atom. The lowest BCUT2D eigenvalue weighted by Crippen LogP contribution is -2.58. The molecule has 1 unspecified atom stereocenters. The summed E-state index contributed by atoms with van der Waals surface area (Å²) in [5.74, 6) is 1.25. The molecule has 1 saturated carbocycles. The SMILES string of the molecule is CCC1CN(c2nc(N)c(C(=N)C3CC3)nc2Cl)CCN1C1CCN(Cc2ccc(Cl)cc2)CC1.CCCCC. The summed E-state index contributed by atoms with van der Waals surface area (Å²) >= 11 is 12.6. The van der Waals surface area contributed by atoms with Crippen LogP contribution in [-0.2, 0) is 6.54 Å². The number of nitrogens with two attached hydrogens (primary N) is 1. The average molecular weight is 589 g/mol. The van der Waals surface area contributed by atoms with Crippen molar-refractivity contribution >= 4 is 40.5 Å². The number of piperazine rings is 1. The van der Waals surface area contributed by atoms with Crippen molar-refractivity contribution in [2.45, 2.75) is 90.8 Å². The Morgan fingerprint density at radius 2 is 1.62 bits per heavy atom. The molecule has 3 fully saturated rings. The van der Waals surface area contributed by atoms with E-state index in [2.05, 4.69) is 57.6 Å². The van der Waals surface area contributed by atoms with Crippen molar-refractivity contribution in [2.24, 2.45) is 5.92 Å². The fourth-order valence-electron chi connectivity index (χ4n) is 5.90. The van der Waals surface area contributed by atoms with Crippen LogP contribution in [0.15, 0.2) is 24.3 Å². The molecular formula is C31H47Cl2N7. The summed E-state index contributed by atoms with van der Waals surface area (Å²) in [5.41, 5.74) is 8.48. The van der Waals surface area contributed by atoms with Gasteiger partial charge in [0.15, 0.2) is 16.8 Å². The Morgan fingerprint density at radius 3 is 2.20 bits per heavy atom. The van der Waals surface area contributed by atoms with Crippen LogP contribution in [0.5, 0.6) is 0 Å². The quantitative estimate of drug-likeness (QED) is 0.310. The number of likely N-dealkylation sites (tertiary alicyclic amines) is 1. The van der Waals surface area contributed by atoms with Crippen LogP contribution in [0.25, 0.3) is 0 Å². The zero-order valence-electron chi connectivity index (χ0n) is 24.5. The van der Waals surface area contributed by atoms with E-state index in [4.69, 9.17) is 34.3 Å². The van der Waals surface area contributed by atoms with Gasteiger partial charge in [-0.1, -0.05) is 75.4 Å². The van der Waals surface area contributed by atoms with Gasteiger partial charge < -0.3 is 16.0 Å². The maximum absolute atomic E-state index is 8.32. The molecule has 2 aromatic rings. The van der Waals surface area contributed by atoms with Gasteiger partial charge in [0.05, 0.1) is 5.71 Å². The number of piperidine rings is 1. The number of halogens is 2. The van der Waals surface area contributed by atoms with Crippen LogP contribution >= 0.6 is 23.2 Å². The number of hydrogen-bond acceptors (Lipinski definition) is 7. The molecule has 7 nitrogen and oxygen atoms in total. The number of unbranched alkanes of at least 4 members (excludes halogenated alkanes) is 2. The summed E-state index contributed by atoms with van der Waals surface area (Å²) in [6, 6.07) is 9.26. The van der Waals surface area contributed by atoms with Crippen LogP contribution in [0.3, 0.4) is 0 Å². The first kappa shape index (κ1) is 31.0. The van der Waals surface area contributed by atoms with Gasteiger partial charge in [0.25, 0.3) is 0 Å². The predicted octanol–water partition coefficient (Wildman–Crippen LogP) is 6.91. The molecule has 9 heteroatoms. The van der Waals surface area contributed by atoms with Crippen LogP contribution in [0.2, 0.25) is 10.2 Å². The number of anilines is 2. The van der Waals surface area contributed by atoms with Crippen LogP contribution < -0.4 is 10.6 Å². The highest BCUT2D eigenvalue weighted by Crippen LogP contribution is 2.35. The number of aromatic nitrogens is 2. The van der Waals surface area contributed by atoms with E-state index in [1.807, 2.05) is 12.1 Å². The molecule has 3 N–H and O–H groups in total. The topological polar surface area (TPSA) is 85.4 Å².